The fourth-order valence-electron chi connectivity index (χ4n) is 11.8. The molecule has 10 aromatic carbocycles. The van der Waals surface area contributed by atoms with Gasteiger partial charge in [0.2, 0.25) is 0 Å². The van der Waals surface area contributed by atoms with Crippen LogP contribution in [-0.4, -0.2) is 4.57 Å². The van der Waals surface area contributed by atoms with E-state index < -0.39 is 0 Å². The molecular weight excluding hydrogens is 941 g/mol. The van der Waals surface area contributed by atoms with Gasteiger partial charge in [0.15, 0.2) is 0 Å². The van der Waals surface area contributed by atoms with Crippen LogP contribution in [0.15, 0.2) is 170 Å². The van der Waals surface area contributed by atoms with E-state index in [0.717, 1.165) is 11.4 Å². The normalized spacial score (nSPS) is 13.3. The van der Waals surface area contributed by atoms with Gasteiger partial charge in [0.1, 0.15) is 0 Å². The van der Waals surface area contributed by atoms with Crippen LogP contribution in [0.4, 0.5) is 17.1 Å². The highest BCUT2D eigenvalue weighted by molar-refractivity contribution is 6.27. The zero-order valence-corrected chi connectivity index (χ0v) is 50.1. The van der Waals surface area contributed by atoms with Crippen LogP contribution in [0.3, 0.4) is 0 Å². The molecule has 0 atom stereocenters. The Labute approximate surface area is 466 Å². The van der Waals surface area contributed by atoms with Crippen molar-refractivity contribution in [1.82, 2.24) is 4.57 Å². The van der Waals surface area contributed by atoms with Crippen molar-refractivity contribution < 1.29 is 0 Å². The van der Waals surface area contributed by atoms with Crippen LogP contribution in [0.25, 0.3) is 82.1 Å². The molecule has 2 heteroatoms. The third-order valence-electron chi connectivity index (χ3n) is 16.8. The van der Waals surface area contributed by atoms with E-state index in [1.165, 1.54) is 121 Å². The van der Waals surface area contributed by atoms with Crippen LogP contribution in [0, 0.1) is 0 Å². The largest absolute Gasteiger partial charge is 0.310 e. The number of rotatable bonds is 6. The first-order valence-electron chi connectivity index (χ1n) is 28.6. The minimum Gasteiger partial charge on any atom is -0.310 e. The van der Waals surface area contributed by atoms with Gasteiger partial charge < -0.3 is 9.47 Å². The predicted molar refractivity (Wildman–Crippen MR) is 342 cm³/mol. The van der Waals surface area contributed by atoms with Gasteiger partial charge in [0, 0.05) is 32.9 Å². The number of hydrogen-bond donors (Lipinski definition) is 0. The van der Waals surface area contributed by atoms with Crippen molar-refractivity contribution in [3.8, 4) is 27.9 Å². The third kappa shape index (κ3) is 9.48. The molecule has 11 rings (SSSR count). The van der Waals surface area contributed by atoms with E-state index in [9.17, 15) is 0 Å². The Morgan fingerprint density at radius 2 is 0.705 bits per heavy atom. The molecule has 0 spiro atoms. The zero-order valence-electron chi connectivity index (χ0n) is 50.1. The summed E-state index contributed by atoms with van der Waals surface area (Å²) in [6.45, 7) is 41.9. The van der Waals surface area contributed by atoms with Crippen LogP contribution in [-0.2, 0) is 32.5 Å². The molecule has 0 aliphatic rings. The first-order valence-corrected chi connectivity index (χ1v) is 28.6. The number of nitrogens with zero attached hydrogens (tertiary/aromatic N) is 2. The number of fused-ring (bicyclic) bond motifs is 3. The van der Waals surface area contributed by atoms with Crippen LogP contribution < -0.4 is 4.90 Å². The van der Waals surface area contributed by atoms with E-state index in [1.807, 2.05) is 0 Å². The first kappa shape index (κ1) is 52.9. The molecule has 396 valence electrons. The van der Waals surface area contributed by atoms with Crippen molar-refractivity contribution >= 4 is 71.2 Å². The Kier molecular flexibility index (Phi) is 12.3. The Morgan fingerprint density at radius 3 is 1.19 bits per heavy atom. The molecule has 0 aliphatic heterocycles. The lowest BCUT2D eigenvalue weighted by Gasteiger charge is -2.32. The average Bonchev–Trinajstić information content (AvgIpc) is 3.93. The van der Waals surface area contributed by atoms with Crippen molar-refractivity contribution in [2.75, 3.05) is 4.90 Å². The third-order valence-corrected chi connectivity index (χ3v) is 16.8. The number of benzene rings is 10. The fraction of sp³-hybridized carbons (Fsp3) is 0.316. The van der Waals surface area contributed by atoms with Gasteiger partial charge in [-0.15, -0.1) is 0 Å². The van der Waals surface area contributed by atoms with E-state index >= 15 is 0 Å². The van der Waals surface area contributed by atoms with Gasteiger partial charge in [-0.25, -0.2) is 0 Å². The lowest BCUT2D eigenvalue weighted by atomic mass is 9.79. The van der Waals surface area contributed by atoms with E-state index in [1.54, 1.807) is 0 Å². The monoisotopic (exact) mass is 1020 g/mol. The van der Waals surface area contributed by atoms with Gasteiger partial charge in [-0.2, -0.15) is 0 Å². The highest BCUT2D eigenvalue weighted by Gasteiger charge is 2.28. The molecule has 0 unspecified atom stereocenters. The molecule has 0 aliphatic carbocycles. The Balaban J connectivity index is 1.11. The molecule has 0 amide bonds. The first-order chi connectivity index (χ1) is 36.4. The maximum Gasteiger partial charge on any atom is 0.0541 e. The molecule has 1 heterocycles. The maximum atomic E-state index is 2.54. The summed E-state index contributed by atoms with van der Waals surface area (Å²) in [5, 5.41) is 10.2. The molecule has 0 bridgehead atoms. The second-order valence-electron chi connectivity index (χ2n) is 28.9. The van der Waals surface area contributed by atoms with Crippen LogP contribution in [0.2, 0.25) is 0 Å². The van der Waals surface area contributed by atoms with Crippen molar-refractivity contribution in [2.24, 2.45) is 0 Å². The molecular formula is C76H82N2. The predicted octanol–water partition coefficient (Wildman–Crippen LogP) is 22.3. The van der Waals surface area contributed by atoms with Crippen molar-refractivity contribution in [3.05, 3.63) is 203 Å². The molecule has 78 heavy (non-hydrogen) atoms. The standard InChI is InChI=1S/C76H82N2/c1-71(2,3)53-28-36-67-63(45-53)64-46-54(72(4,5)6)29-37-68(64)78(67)66-35-27-49-24-32-61-65(34-26-48-25-33-62(66)70(49)69(48)61)77(60-43-57(75(13,14)15)42-58(44-60)76(16,17)18)59-30-22-47(23-31-59)50-20-19-21-51(38-50)52-39-55(73(7,8)9)41-56(40-52)74(10,11)12/h19-46H,1-18H3. The fourth-order valence-corrected chi connectivity index (χ4v) is 11.8. The molecule has 0 radical (unpaired) electrons. The lowest BCUT2D eigenvalue weighted by Crippen LogP contribution is -2.19. The molecule has 2 nitrogen and oxygen atoms in total. The lowest BCUT2D eigenvalue weighted by molar-refractivity contribution is 0.568. The minimum absolute atomic E-state index is 0.0236. The summed E-state index contributed by atoms with van der Waals surface area (Å²) in [5.74, 6) is 0. The van der Waals surface area contributed by atoms with Gasteiger partial charge in [0.05, 0.1) is 22.4 Å². The summed E-state index contributed by atoms with van der Waals surface area (Å²) in [7, 11) is 0. The van der Waals surface area contributed by atoms with Gasteiger partial charge in [-0.05, 0) is 176 Å². The van der Waals surface area contributed by atoms with Crippen molar-refractivity contribution in [3.63, 3.8) is 0 Å². The quantitative estimate of drug-likeness (QED) is 0.151. The summed E-state index contributed by atoms with van der Waals surface area (Å²) < 4.78 is 2.54. The Bertz CT molecular complexity index is 3980. The van der Waals surface area contributed by atoms with Gasteiger partial charge in [0.25, 0.3) is 0 Å². The summed E-state index contributed by atoms with van der Waals surface area (Å²) in [6.07, 6.45) is 0. The SMILES string of the molecule is CC(C)(C)c1cc(-c2cccc(-c3ccc(N(c4cc(C(C)(C)C)cc(C(C)(C)C)c4)c4ccc5ccc6c(-n7c8ccc(C(C)(C)C)cc8c8cc(C(C)(C)C)ccc87)ccc7ccc4c5c76)cc3)c2)cc(C(C)(C)C)c1. The smallest absolute Gasteiger partial charge is 0.0541 e. The summed E-state index contributed by atoms with van der Waals surface area (Å²) in [4.78, 5) is 2.54. The highest BCUT2D eigenvalue weighted by Crippen LogP contribution is 2.48. The molecule has 1 aromatic heterocycles. The van der Waals surface area contributed by atoms with Crippen molar-refractivity contribution in [1.29, 1.82) is 0 Å². The van der Waals surface area contributed by atoms with E-state index in [4.69, 9.17) is 0 Å². The molecule has 0 N–H and O–H groups in total. The van der Waals surface area contributed by atoms with Gasteiger partial charge >= 0.3 is 0 Å². The topological polar surface area (TPSA) is 8.17 Å². The van der Waals surface area contributed by atoms with Crippen LogP contribution in [0.5, 0.6) is 0 Å². The van der Waals surface area contributed by atoms with E-state index in [-0.39, 0.29) is 32.5 Å². The van der Waals surface area contributed by atoms with Crippen LogP contribution >= 0.6 is 0 Å². The second-order valence-corrected chi connectivity index (χ2v) is 28.9. The number of hydrogen-bond acceptors (Lipinski definition) is 1. The molecule has 0 fully saturated rings. The second kappa shape index (κ2) is 18.2. The maximum absolute atomic E-state index is 2.54. The molecule has 11 aromatic rings. The molecule has 0 saturated heterocycles. The van der Waals surface area contributed by atoms with Crippen molar-refractivity contribution in [2.45, 2.75) is 157 Å². The van der Waals surface area contributed by atoms with Gasteiger partial charge in [-0.3, -0.25) is 0 Å². The highest BCUT2D eigenvalue weighted by atomic mass is 15.1. The zero-order chi connectivity index (χ0) is 55.8. The number of anilines is 3. The van der Waals surface area contributed by atoms with E-state index in [2.05, 4.69) is 304 Å². The summed E-state index contributed by atoms with van der Waals surface area (Å²) in [5.41, 5.74) is 20.1. The van der Waals surface area contributed by atoms with Crippen LogP contribution in [0.1, 0.15) is 158 Å². The van der Waals surface area contributed by atoms with E-state index in [0.29, 0.717) is 0 Å². The Hall–Kier alpha value is -7.16. The molecule has 0 saturated carbocycles. The number of aromatic nitrogens is 1. The summed E-state index contributed by atoms with van der Waals surface area (Å²) in [6, 6.07) is 66.3. The van der Waals surface area contributed by atoms with Gasteiger partial charge in [-0.1, -0.05) is 228 Å². The Morgan fingerprint density at radius 1 is 0.282 bits per heavy atom. The average molecular weight is 1020 g/mol. The summed E-state index contributed by atoms with van der Waals surface area (Å²) >= 11 is 0. The minimum atomic E-state index is -0.0644.